The standard InChI is InChI=1S/C8H8BrClO/c9-7-4-2-1-3-6(7)5-8(10)11/h1,3H,2,4-5H2. The fourth-order valence-electron chi connectivity index (χ4n) is 0.991. The van der Waals surface area contributed by atoms with Gasteiger partial charge >= 0.3 is 0 Å². The summed E-state index contributed by atoms with van der Waals surface area (Å²) in [5.74, 6) is 0. The van der Waals surface area contributed by atoms with Crippen molar-refractivity contribution < 1.29 is 4.79 Å². The minimum atomic E-state index is -0.302. The maximum atomic E-state index is 10.5. The van der Waals surface area contributed by atoms with E-state index in [0.29, 0.717) is 6.42 Å². The molecule has 0 saturated carbocycles. The maximum Gasteiger partial charge on any atom is 0.226 e. The molecule has 0 aromatic carbocycles. The molecule has 1 aliphatic rings. The molecule has 0 saturated heterocycles. The highest BCUT2D eigenvalue weighted by molar-refractivity contribution is 9.11. The molecule has 0 fully saturated rings. The van der Waals surface area contributed by atoms with Crippen molar-refractivity contribution in [2.45, 2.75) is 19.3 Å². The van der Waals surface area contributed by atoms with Crippen molar-refractivity contribution in [3.63, 3.8) is 0 Å². The van der Waals surface area contributed by atoms with Crippen LogP contribution in [0.3, 0.4) is 0 Å². The second-order valence-electron chi connectivity index (χ2n) is 2.40. The van der Waals surface area contributed by atoms with E-state index in [9.17, 15) is 4.79 Å². The zero-order valence-corrected chi connectivity index (χ0v) is 8.28. The fourth-order valence-corrected chi connectivity index (χ4v) is 1.64. The molecule has 0 atom stereocenters. The Morgan fingerprint density at radius 3 is 3.00 bits per heavy atom. The van der Waals surface area contributed by atoms with E-state index in [1.807, 2.05) is 6.08 Å². The highest BCUT2D eigenvalue weighted by Gasteiger charge is 2.07. The summed E-state index contributed by atoms with van der Waals surface area (Å²) in [6.07, 6.45) is 6.36. The van der Waals surface area contributed by atoms with Crippen LogP contribution in [0.25, 0.3) is 0 Å². The molecular weight excluding hydrogens is 227 g/mol. The number of hydrogen-bond acceptors (Lipinski definition) is 1. The first-order valence-electron chi connectivity index (χ1n) is 3.42. The van der Waals surface area contributed by atoms with Crippen LogP contribution in [0.4, 0.5) is 0 Å². The summed E-state index contributed by atoms with van der Waals surface area (Å²) >= 11 is 8.65. The smallest absolute Gasteiger partial charge is 0.226 e. The van der Waals surface area contributed by atoms with E-state index in [1.165, 1.54) is 0 Å². The number of hydrogen-bond donors (Lipinski definition) is 0. The van der Waals surface area contributed by atoms with Crippen LogP contribution in [-0.2, 0) is 4.79 Å². The molecule has 1 aliphatic carbocycles. The third kappa shape index (κ3) is 2.80. The molecule has 0 aliphatic heterocycles. The van der Waals surface area contributed by atoms with Crippen LogP contribution in [-0.4, -0.2) is 5.24 Å². The summed E-state index contributed by atoms with van der Waals surface area (Å²) in [7, 11) is 0. The quantitative estimate of drug-likeness (QED) is 0.672. The Morgan fingerprint density at radius 1 is 1.73 bits per heavy atom. The highest BCUT2D eigenvalue weighted by atomic mass is 79.9. The van der Waals surface area contributed by atoms with Gasteiger partial charge in [0.05, 0.1) is 0 Å². The second-order valence-corrected chi connectivity index (χ2v) is 3.78. The van der Waals surface area contributed by atoms with Crippen LogP contribution in [0, 0.1) is 0 Å². The normalized spacial score (nSPS) is 17.3. The van der Waals surface area contributed by atoms with Crippen molar-refractivity contribution >= 4 is 32.8 Å². The van der Waals surface area contributed by atoms with E-state index in [1.54, 1.807) is 0 Å². The zero-order valence-electron chi connectivity index (χ0n) is 5.94. The Labute approximate surface area is 79.2 Å². The average Bonchev–Trinajstić information content (AvgIpc) is 1.93. The third-order valence-electron chi connectivity index (χ3n) is 1.53. The molecule has 0 aromatic heterocycles. The van der Waals surface area contributed by atoms with E-state index in [2.05, 4.69) is 22.0 Å². The van der Waals surface area contributed by atoms with Crippen molar-refractivity contribution in [2.75, 3.05) is 0 Å². The molecule has 0 N–H and O–H groups in total. The molecule has 0 spiro atoms. The summed E-state index contributed by atoms with van der Waals surface area (Å²) in [6.45, 7) is 0. The van der Waals surface area contributed by atoms with Crippen LogP contribution < -0.4 is 0 Å². The lowest BCUT2D eigenvalue weighted by atomic mass is 10.1. The van der Waals surface area contributed by atoms with Crippen LogP contribution >= 0.6 is 27.5 Å². The van der Waals surface area contributed by atoms with Crippen molar-refractivity contribution in [2.24, 2.45) is 0 Å². The summed E-state index contributed by atoms with van der Waals surface area (Å²) in [5, 5.41) is -0.302. The van der Waals surface area contributed by atoms with Crippen molar-refractivity contribution in [3.8, 4) is 0 Å². The van der Waals surface area contributed by atoms with Gasteiger partial charge in [-0.15, -0.1) is 0 Å². The maximum absolute atomic E-state index is 10.5. The van der Waals surface area contributed by atoms with Crippen LogP contribution in [0.5, 0.6) is 0 Å². The number of allylic oxidation sites excluding steroid dienone is 4. The van der Waals surface area contributed by atoms with Gasteiger partial charge in [-0.1, -0.05) is 28.1 Å². The van der Waals surface area contributed by atoms with Gasteiger partial charge in [0.15, 0.2) is 0 Å². The van der Waals surface area contributed by atoms with Crippen molar-refractivity contribution in [1.82, 2.24) is 0 Å². The van der Waals surface area contributed by atoms with E-state index in [4.69, 9.17) is 11.6 Å². The average molecular weight is 236 g/mol. The van der Waals surface area contributed by atoms with E-state index < -0.39 is 0 Å². The Bertz CT molecular complexity index is 230. The molecule has 11 heavy (non-hydrogen) atoms. The summed E-state index contributed by atoms with van der Waals surface area (Å²) in [5.41, 5.74) is 1.01. The van der Waals surface area contributed by atoms with Gasteiger partial charge in [0.2, 0.25) is 5.24 Å². The van der Waals surface area contributed by atoms with E-state index >= 15 is 0 Å². The first kappa shape index (κ1) is 9.01. The molecule has 0 amide bonds. The topological polar surface area (TPSA) is 17.1 Å². The minimum Gasteiger partial charge on any atom is -0.281 e. The molecule has 60 valence electrons. The lowest BCUT2D eigenvalue weighted by Crippen LogP contribution is -1.94. The van der Waals surface area contributed by atoms with Gasteiger partial charge in [-0.05, 0) is 34.5 Å². The SMILES string of the molecule is O=C(Cl)CC1=C(Br)CCC=C1. The molecule has 0 unspecified atom stereocenters. The second kappa shape index (κ2) is 4.07. The predicted octanol–water partition coefficient (Wildman–Crippen LogP) is 3.14. The highest BCUT2D eigenvalue weighted by Crippen LogP contribution is 2.26. The Morgan fingerprint density at radius 2 is 2.45 bits per heavy atom. The summed E-state index contributed by atoms with van der Waals surface area (Å²) < 4.78 is 1.11. The number of carbonyl (C=O) groups excluding carboxylic acids is 1. The van der Waals surface area contributed by atoms with Crippen molar-refractivity contribution in [1.29, 1.82) is 0 Å². The van der Waals surface area contributed by atoms with Gasteiger partial charge in [-0.25, -0.2) is 0 Å². The van der Waals surface area contributed by atoms with Gasteiger partial charge in [0.1, 0.15) is 0 Å². The van der Waals surface area contributed by atoms with Crippen LogP contribution in [0.15, 0.2) is 22.2 Å². The van der Waals surface area contributed by atoms with Gasteiger partial charge in [0, 0.05) is 6.42 Å². The monoisotopic (exact) mass is 234 g/mol. The molecule has 1 nitrogen and oxygen atoms in total. The molecule has 0 radical (unpaired) electrons. The molecule has 0 bridgehead atoms. The molecule has 1 rings (SSSR count). The molecule has 0 aromatic rings. The number of carbonyl (C=O) groups is 1. The minimum absolute atomic E-state index is 0.302. The lowest BCUT2D eigenvalue weighted by molar-refractivity contribution is -0.111. The van der Waals surface area contributed by atoms with Crippen molar-refractivity contribution in [3.05, 3.63) is 22.2 Å². The van der Waals surface area contributed by atoms with Gasteiger partial charge in [0.25, 0.3) is 0 Å². The largest absolute Gasteiger partial charge is 0.281 e. The molecular formula is C8H8BrClO. The fraction of sp³-hybridized carbons (Fsp3) is 0.375. The zero-order chi connectivity index (χ0) is 8.27. The third-order valence-corrected chi connectivity index (χ3v) is 2.57. The van der Waals surface area contributed by atoms with Gasteiger partial charge in [-0.2, -0.15) is 0 Å². The Kier molecular flexibility index (Phi) is 3.34. The Hall–Kier alpha value is -0.0800. The van der Waals surface area contributed by atoms with E-state index in [-0.39, 0.29) is 5.24 Å². The summed E-state index contributed by atoms with van der Waals surface area (Å²) in [4.78, 5) is 10.5. The van der Waals surface area contributed by atoms with Crippen LogP contribution in [0.1, 0.15) is 19.3 Å². The number of rotatable bonds is 2. The van der Waals surface area contributed by atoms with Crippen LogP contribution in [0.2, 0.25) is 0 Å². The lowest BCUT2D eigenvalue weighted by Gasteiger charge is -2.08. The summed E-state index contributed by atoms with van der Waals surface area (Å²) in [6, 6.07) is 0. The van der Waals surface area contributed by atoms with Gasteiger partial charge in [-0.3, -0.25) is 4.79 Å². The Balaban J connectivity index is 2.68. The van der Waals surface area contributed by atoms with Gasteiger partial charge < -0.3 is 0 Å². The van der Waals surface area contributed by atoms with E-state index in [0.717, 1.165) is 22.9 Å². The first-order valence-corrected chi connectivity index (χ1v) is 4.59. The predicted molar refractivity (Wildman–Crippen MR) is 49.8 cm³/mol. The molecule has 0 heterocycles. The molecule has 3 heteroatoms. The first-order chi connectivity index (χ1) is 5.20. The number of halogens is 2.